The summed E-state index contributed by atoms with van der Waals surface area (Å²) in [5, 5.41) is 11.3. The van der Waals surface area contributed by atoms with Crippen molar-refractivity contribution < 1.29 is 4.79 Å². The summed E-state index contributed by atoms with van der Waals surface area (Å²) < 4.78 is 1.65. The molecule has 1 heterocycles. The Morgan fingerprint density at radius 1 is 1.32 bits per heavy atom. The molecule has 118 valence electrons. The first-order chi connectivity index (χ1) is 10.6. The van der Waals surface area contributed by atoms with Crippen LogP contribution < -0.4 is 4.90 Å². The third-order valence-corrected chi connectivity index (χ3v) is 4.32. The van der Waals surface area contributed by atoms with Crippen LogP contribution in [0, 0.1) is 6.92 Å². The van der Waals surface area contributed by atoms with Crippen LogP contribution in [0.2, 0.25) is 0 Å². The van der Waals surface area contributed by atoms with E-state index in [1.807, 2.05) is 50.1 Å². The Balaban J connectivity index is 1.82. The van der Waals surface area contributed by atoms with Crippen molar-refractivity contribution in [3.8, 4) is 0 Å². The number of hydrogen-bond donors (Lipinski definition) is 0. The number of hydrogen-bond acceptors (Lipinski definition) is 5. The molecule has 0 saturated carbocycles. The van der Waals surface area contributed by atoms with Crippen LogP contribution in [0.4, 0.5) is 5.69 Å². The minimum Gasteiger partial charge on any atom is -0.313 e. The number of aromatic nitrogens is 4. The van der Waals surface area contributed by atoms with Crippen molar-refractivity contribution in [2.24, 2.45) is 7.05 Å². The van der Waals surface area contributed by atoms with Gasteiger partial charge in [-0.3, -0.25) is 4.79 Å². The number of thioether (sulfide) groups is 1. The molecule has 0 N–H and O–H groups in total. The van der Waals surface area contributed by atoms with Gasteiger partial charge in [-0.25, -0.2) is 4.68 Å². The summed E-state index contributed by atoms with van der Waals surface area (Å²) in [6, 6.07) is 8.05. The Hall–Kier alpha value is -1.89. The summed E-state index contributed by atoms with van der Waals surface area (Å²) in [6.07, 6.45) is 0.512. The molecule has 0 radical (unpaired) electrons. The van der Waals surface area contributed by atoms with Crippen molar-refractivity contribution in [3.63, 3.8) is 0 Å². The summed E-state index contributed by atoms with van der Waals surface area (Å²) in [6.45, 7) is 4.72. The van der Waals surface area contributed by atoms with E-state index >= 15 is 0 Å². The number of tetrazole rings is 1. The number of nitrogens with zero attached hydrogens (tertiary/aromatic N) is 5. The molecule has 2 rings (SSSR count). The van der Waals surface area contributed by atoms with E-state index in [4.69, 9.17) is 0 Å². The molecule has 0 unspecified atom stereocenters. The van der Waals surface area contributed by atoms with E-state index in [0.29, 0.717) is 18.7 Å². The number of anilines is 1. The minimum atomic E-state index is 0.148. The van der Waals surface area contributed by atoms with Gasteiger partial charge in [0.2, 0.25) is 5.91 Å². The quantitative estimate of drug-likeness (QED) is 0.732. The van der Waals surface area contributed by atoms with Gasteiger partial charge in [-0.15, -0.1) is 5.10 Å². The minimum absolute atomic E-state index is 0.148. The molecule has 0 aliphatic rings. The molecule has 0 aliphatic heterocycles. The smallest absolute Gasteiger partial charge is 0.227 e. The van der Waals surface area contributed by atoms with Crippen LogP contribution in [-0.2, 0) is 17.6 Å². The summed E-state index contributed by atoms with van der Waals surface area (Å²) in [5.74, 6) is 2.44. The normalized spacial score (nSPS) is 10.7. The number of amides is 1. The molecule has 0 aliphatic carbocycles. The lowest BCUT2D eigenvalue weighted by Crippen LogP contribution is -2.30. The van der Waals surface area contributed by atoms with Gasteiger partial charge in [0.1, 0.15) is 0 Å². The van der Waals surface area contributed by atoms with Crippen LogP contribution in [0.5, 0.6) is 0 Å². The molecule has 0 fully saturated rings. The number of carbonyl (C=O) groups is 1. The molecule has 7 heteroatoms. The van der Waals surface area contributed by atoms with E-state index in [1.165, 1.54) is 5.56 Å². The number of carbonyl (C=O) groups excluding carboxylic acids is 1. The van der Waals surface area contributed by atoms with E-state index in [2.05, 4.69) is 15.5 Å². The highest BCUT2D eigenvalue weighted by atomic mass is 32.2. The highest BCUT2D eigenvalue weighted by Gasteiger charge is 2.13. The van der Waals surface area contributed by atoms with Crippen LogP contribution in [0.15, 0.2) is 24.3 Å². The van der Waals surface area contributed by atoms with Crippen LogP contribution in [-0.4, -0.2) is 38.4 Å². The molecule has 0 saturated heterocycles. The second kappa shape index (κ2) is 7.93. The second-order valence-electron chi connectivity index (χ2n) is 4.99. The van der Waals surface area contributed by atoms with Crippen LogP contribution in [0.25, 0.3) is 0 Å². The van der Waals surface area contributed by atoms with Crippen LogP contribution in [0.3, 0.4) is 0 Å². The predicted octanol–water partition coefficient (Wildman–Crippen LogP) is 2.19. The van der Waals surface area contributed by atoms with Crippen molar-refractivity contribution >= 4 is 23.4 Å². The maximum absolute atomic E-state index is 12.4. The number of benzene rings is 1. The predicted molar refractivity (Wildman–Crippen MR) is 88.8 cm³/mol. The van der Waals surface area contributed by atoms with Crippen LogP contribution >= 0.6 is 11.8 Å². The van der Waals surface area contributed by atoms with E-state index in [9.17, 15) is 4.79 Å². The zero-order valence-electron chi connectivity index (χ0n) is 13.2. The van der Waals surface area contributed by atoms with Crippen molar-refractivity contribution in [1.82, 2.24) is 20.2 Å². The Morgan fingerprint density at radius 3 is 2.64 bits per heavy atom. The molecular formula is C15H21N5OS. The molecule has 22 heavy (non-hydrogen) atoms. The van der Waals surface area contributed by atoms with Gasteiger partial charge in [-0.05, 0) is 36.4 Å². The van der Waals surface area contributed by atoms with Crippen molar-refractivity contribution in [3.05, 3.63) is 35.7 Å². The Labute approximate surface area is 134 Å². The van der Waals surface area contributed by atoms with Gasteiger partial charge in [0.15, 0.2) is 5.82 Å². The molecular weight excluding hydrogens is 298 g/mol. The molecule has 0 atom stereocenters. The Kier molecular flexibility index (Phi) is 5.94. The lowest BCUT2D eigenvalue weighted by atomic mass is 10.2. The Bertz CT molecular complexity index is 611. The van der Waals surface area contributed by atoms with Gasteiger partial charge in [0.25, 0.3) is 0 Å². The summed E-state index contributed by atoms with van der Waals surface area (Å²) in [4.78, 5) is 14.2. The van der Waals surface area contributed by atoms with Crippen molar-refractivity contribution in [2.75, 3.05) is 17.2 Å². The van der Waals surface area contributed by atoms with Crippen LogP contribution in [0.1, 0.15) is 24.7 Å². The van der Waals surface area contributed by atoms with Crippen molar-refractivity contribution in [1.29, 1.82) is 0 Å². The molecule has 0 spiro atoms. The van der Waals surface area contributed by atoms with Gasteiger partial charge in [0, 0.05) is 31.5 Å². The highest BCUT2D eigenvalue weighted by Crippen LogP contribution is 2.17. The van der Waals surface area contributed by atoms with Gasteiger partial charge >= 0.3 is 0 Å². The first kappa shape index (κ1) is 16.5. The maximum Gasteiger partial charge on any atom is 0.227 e. The molecule has 6 nitrogen and oxygen atoms in total. The Morgan fingerprint density at radius 2 is 2.05 bits per heavy atom. The molecule has 1 aromatic carbocycles. The summed E-state index contributed by atoms with van der Waals surface area (Å²) in [5.41, 5.74) is 2.15. The fourth-order valence-corrected chi connectivity index (χ4v) is 2.95. The molecule has 2 aromatic rings. The van der Waals surface area contributed by atoms with Gasteiger partial charge in [-0.2, -0.15) is 11.8 Å². The average Bonchev–Trinajstić information content (AvgIpc) is 2.92. The van der Waals surface area contributed by atoms with Gasteiger partial charge in [0.05, 0.1) is 5.75 Å². The van der Waals surface area contributed by atoms with Crippen molar-refractivity contribution in [2.45, 2.75) is 26.0 Å². The number of rotatable bonds is 7. The second-order valence-corrected chi connectivity index (χ2v) is 6.10. The average molecular weight is 319 g/mol. The lowest BCUT2D eigenvalue weighted by Gasteiger charge is -2.21. The standard InChI is InChI=1S/C15H21N5OS/c1-4-20(13-7-5-12(2)6-8-13)15(21)9-10-22-11-14-16-17-18-19(14)3/h5-8H,4,9-11H2,1-3H3. The first-order valence-electron chi connectivity index (χ1n) is 7.27. The topological polar surface area (TPSA) is 63.9 Å². The third kappa shape index (κ3) is 4.30. The maximum atomic E-state index is 12.4. The zero-order valence-corrected chi connectivity index (χ0v) is 14.0. The molecule has 1 aromatic heterocycles. The van der Waals surface area contributed by atoms with E-state index in [0.717, 1.165) is 17.3 Å². The monoisotopic (exact) mass is 319 g/mol. The molecule has 1 amide bonds. The van der Waals surface area contributed by atoms with Gasteiger partial charge < -0.3 is 4.90 Å². The summed E-state index contributed by atoms with van der Waals surface area (Å²) in [7, 11) is 1.82. The fraction of sp³-hybridized carbons (Fsp3) is 0.467. The van der Waals surface area contributed by atoms with E-state index < -0.39 is 0 Å². The lowest BCUT2D eigenvalue weighted by molar-refractivity contribution is -0.118. The van der Waals surface area contributed by atoms with Gasteiger partial charge in [-0.1, -0.05) is 17.7 Å². The van der Waals surface area contributed by atoms with E-state index in [1.54, 1.807) is 16.4 Å². The highest BCUT2D eigenvalue weighted by molar-refractivity contribution is 7.98. The fourth-order valence-electron chi connectivity index (χ4n) is 2.06. The third-order valence-electron chi connectivity index (χ3n) is 3.36. The summed E-state index contributed by atoms with van der Waals surface area (Å²) >= 11 is 1.67. The number of aryl methyl sites for hydroxylation is 2. The van der Waals surface area contributed by atoms with E-state index in [-0.39, 0.29) is 5.91 Å². The zero-order chi connectivity index (χ0) is 15.9. The first-order valence-corrected chi connectivity index (χ1v) is 8.43. The largest absolute Gasteiger partial charge is 0.313 e. The molecule has 0 bridgehead atoms. The SMILES string of the molecule is CCN(C(=O)CCSCc1nnnn1C)c1ccc(C)cc1.